The molecule has 2 heterocycles. The normalized spacial score (nSPS) is 22.9. The van der Waals surface area contributed by atoms with Gasteiger partial charge in [-0.25, -0.2) is 13.4 Å². The Labute approximate surface area is 154 Å². The van der Waals surface area contributed by atoms with Crippen molar-refractivity contribution >= 4 is 21.4 Å². The highest BCUT2D eigenvalue weighted by Gasteiger charge is 2.30. The van der Waals surface area contributed by atoms with Crippen LogP contribution in [0.5, 0.6) is 0 Å². The zero-order valence-corrected chi connectivity index (χ0v) is 15.9. The number of nitrogens with one attached hydrogen (secondary N) is 1. The quantitative estimate of drug-likeness (QED) is 0.621. The van der Waals surface area contributed by atoms with Crippen LogP contribution in [-0.4, -0.2) is 48.8 Å². The molecule has 0 saturated carbocycles. The Balaban J connectivity index is 1.86. The number of hydrogen-bond donors (Lipinski definition) is 1. The van der Waals surface area contributed by atoms with Gasteiger partial charge in [0.15, 0.2) is 0 Å². The highest BCUT2D eigenvalue weighted by molar-refractivity contribution is 7.89. The zero-order chi connectivity index (χ0) is 18.7. The summed E-state index contributed by atoms with van der Waals surface area (Å²) in [7, 11) is -3.71. The van der Waals surface area contributed by atoms with Crippen LogP contribution in [0.4, 0.5) is 11.4 Å². The van der Waals surface area contributed by atoms with E-state index in [4.69, 9.17) is 0 Å². The molecule has 9 heteroatoms. The fraction of sp³-hybridized carbons (Fsp3) is 0.647. The summed E-state index contributed by atoms with van der Waals surface area (Å²) in [5.74, 6) is 0.300. The Morgan fingerprint density at radius 2 is 1.88 bits per heavy atom. The van der Waals surface area contributed by atoms with Crippen LogP contribution in [0.3, 0.4) is 0 Å². The maximum absolute atomic E-state index is 12.9. The molecule has 0 amide bonds. The molecular weight excluding hydrogens is 356 g/mol. The minimum absolute atomic E-state index is 0.0116. The Morgan fingerprint density at radius 1 is 1.15 bits per heavy atom. The summed E-state index contributed by atoms with van der Waals surface area (Å²) >= 11 is 0. The molecule has 1 N–H and O–H groups in total. The lowest BCUT2D eigenvalue weighted by molar-refractivity contribution is -0.384. The number of nitrogens with zero attached hydrogens (tertiary/aromatic N) is 3. The smallest absolute Gasteiger partial charge is 0.295 e. The second-order valence-electron chi connectivity index (χ2n) is 7.21. The maximum atomic E-state index is 12.9. The number of piperidine rings is 2. The van der Waals surface area contributed by atoms with E-state index in [-0.39, 0.29) is 10.6 Å². The number of nitro groups is 1. The Bertz CT molecular complexity index is 762. The highest BCUT2D eigenvalue weighted by Crippen LogP contribution is 2.31. The molecule has 26 heavy (non-hydrogen) atoms. The minimum atomic E-state index is -3.71. The zero-order valence-electron chi connectivity index (χ0n) is 15.1. The van der Waals surface area contributed by atoms with Crippen molar-refractivity contribution in [2.24, 2.45) is 5.92 Å². The first-order valence-corrected chi connectivity index (χ1v) is 10.6. The van der Waals surface area contributed by atoms with Gasteiger partial charge < -0.3 is 5.43 Å². The molecule has 0 bridgehead atoms. The lowest BCUT2D eigenvalue weighted by Crippen LogP contribution is -2.39. The minimum Gasteiger partial charge on any atom is -0.313 e. The molecule has 3 rings (SSSR count). The van der Waals surface area contributed by atoms with E-state index >= 15 is 0 Å². The Morgan fingerprint density at radius 3 is 2.54 bits per heavy atom. The first kappa shape index (κ1) is 19.1. The predicted octanol–water partition coefficient (Wildman–Crippen LogP) is 2.83. The largest absolute Gasteiger partial charge is 0.313 e. The third-order valence-corrected chi connectivity index (χ3v) is 6.92. The fourth-order valence-corrected chi connectivity index (χ4v) is 5.23. The standard InChI is InChI=1S/C17H26N4O4S/c1-14-6-5-11-20(13-14)26(24,25)15-7-8-16(17(12-15)21(22)23)18-19-9-3-2-4-10-19/h7-8,12,14,18H,2-6,9-11,13H2,1H3/t14-/m1/s1. The van der Waals surface area contributed by atoms with Crippen molar-refractivity contribution in [1.29, 1.82) is 0 Å². The third kappa shape index (κ3) is 4.16. The van der Waals surface area contributed by atoms with Crippen molar-refractivity contribution < 1.29 is 13.3 Å². The predicted molar refractivity (Wildman–Crippen MR) is 99.3 cm³/mol. The van der Waals surface area contributed by atoms with Crippen molar-refractivity contribution in [3.63, 3.8) is 0 Å². The van der Waals surface area contributed by atoms with Crippen LogP contribution in [-0.2, 0) is 10.0 Å². The van der Waals surface area contributed by atoms with Crippen molar-refractivity contribution in [2.45, 2.75) is 43.9 Å². The van der Waals surface area contributed by atoms with Crippen LogP contribution >= 0.6 is 0 Å². The van der Waals surface area contributed by atoms with Gasteiger partial charge in [0.2, 0.25) is 10.0 Å². The summed E-state index contributed by atoms with van der Waals surface area (Å²) in [6, 6.07) is 4.15. The average Bonchev–Trinajstić information content (AvgIpc) is 2.62. The summed E-state index contributed by atoms with van der Waals surface area (Å²) in [6.07, 6.45) is 5.06. The molecule has 8 nitrogen and oxygen atoms in total. The van der Waals surface area contributed by atoms with Crippen LogP contribution in [0.2, 0.25) is 0 Å². The van der Waals surface area contributed by atoms with E-state index < -0.39 is 14.9 Å². The van der Waals surface area contributed by atoms with Crippen LogP contribution in [0.15, 0.2) is 23.1 Å². The van der Waals surface area contributed by atoms with Gasteiger partial charge in [-0.2, -0.15) is 4.31 Å². The van der Waals surface area contributed by atoms with E-state index in [0.717, 1.165) is 45.2 Å². The number of sulfonamides is 1. The SMILES string of the molecule is C[C@@H]1CCCN(S(=O)(=O)c2ccc(NN3CCCCC3)c([N+](=O)[O-])c2)C1. The fourth-order valence-electron chi connectivity index (χ4n) is 3.61. The van der Waals surface area contributed by atoms with Crippen LogP contribution in [0.1, 0.15) is 39.0 Å². The molecule has 0 aromatic heterocycles. The molecule has 1 aromatic rings. The summed E-state index contributed by atoms with van der Waals surface area (Å²) in [6.45, 7) is 4.60. The third-order valence-electron chi connectivity index (χ3n) is 5.06. The molecule has 0 spiro atoms. The summed E-state index contributed by atoms with van der Waals surface area (Å²) < 4.78 is 27.2. The summed E-state index contributed by atoms with van der Waals surface area (Å²) in [4.78, 5) is 11.0. The summed E-state index contributed by atoms with van der Waals surface area (Å²) in [5, 5.41) is 13.5. The van der Waals surface area contributed by atoms with Gasteiger partial charge in [0, 0.05) is 32.2 Å². The molecule has 2 fully saturated rings. The number of nitro benzene ring substituents is 1. The van der Waals surface area contributed by atoms with E-state index in [1.165, 1.54) is 22.5 Å². The van der Waals surface area contributed by atoms with Crippen LogP contribution < -0.4 is 5.43 Å². The van der Waals surface area contributed by atoms with Gasteiger partial charge in [0.05, 0.1) is 9.82 Å². The summed E-state index contributed by atoms with van der Waals surface area (Å²) in [5.41, 5.74) is 3.21. The van der Waals surface area contributed by atoms with E-state index in [1.54, 1.807) is 0 Å². The first-order chi connectivity index (χ1) is 12.4. The average molecular weight is 382 g/mol. The monoisotopic (exact) mass is 382 g/mol. The van der Waals surface area contributed by atoms with Crippen molar-refractivity contribution in [3.05, 3.63) is 28.3 Å². The molecule has 0 aliphatic carbocycles. The Kier molecular flexibility index (Phi) is 5.79. The van der Waals surface area contributed by atoms with Gasteiger partial charge in [-0.1, -0.05) is 13.3 Å². The topological polar surface area (TPSA) is 95.8 Å². The van der Waals surface area contributed by atoms with Gasteiger partial charge in [-0.15, -0.1) is 0 Å². The van der Waals surface area contributed by atoms with Crippen molar-refractivity contribution in [3.8, 4) is 0 Å². The molecule has 2 aliphatic heterocycles. The Hall–Kier alpha value is -1.71. The van der Waals surface area contributed by atoms with E-state index in [0.29, 0.717) is 24.7 Å². The van der Waals surface area contributed by atoms with Gasteiger partial charge in [0.1, 0.15) is 5.69 Å². The highest BCUT2D eigenvalue weighted by atomic mass is 32.2. The number of hydrogen-bond acceptors (Lipinski definition) is 6. The van der Waals surface area contributed by atoms with Crippen molar-refractivity contribution in [1.82, 2.24) is 9.31 Å². The van der Waals surface area contributed by atoms with E-state index in [2.05, 4.69) is 5.43 Å². The van der Waals surface area contributed by atoms with Crippen LogP contribution in [0, 0.1) is 16.0 Å². The molecular formula is C17H26N4O4S. The van der Waals surface area contributed by atoms with E-state index in [1.807, 2.05) is 11.9 Å². The second-order valence-corrected chi connectivity index (χ2v) is 9.14. The first-order valence-electron chi connectivity index (χ1n) is 9.18. The lowest BCUT2D eigenvalue weighted by atomic mass is 10.0. The van der Waals surface area contributed by atoms with E-state index in [9.17, 15) is 18.5 Å². The van der Waals surface area contributed by atoms with Gasteiger partial charge in [-0.05, 0) is 43.7 Å². The molecule has 144 valence electrons. The van der Waals surface area contributed by atoms with Crippen molar-refractivity contribution in [2.75, 3.05) is 31.6 Å². The maximum Gasteiger partial charge on any atom is 0.295 e. The molecule has 0 unspecified atom stereocenters. The molecule has 2 saturated heterocycles. The van der Waals surface area contributed by atoms with Gasteiger partial charge in [-0.3, -0.25) is 10.1 Å². The molecule has 2 aliphatic rings. The second kappa shape index (κ2) is 7.89. The number of rotatable bonds is 5. The number of anilines is 1. The van der Waals surface area contributed by atoms with Gasteiger partial charge >= 0.3 is 0 Å². The number of benzene rings is 1. The molecule has 0 radical (unpaired) electrons. The van der Waals surface area contributed by atoms with Gasteiger partial charge in [0.25, 0.3) is 5.69 Å². The number of hydrazine groups is 1. The molecule has 1 aromatic carbocycles. The van der Waals surface area contributed by atoms with Crippen LogP contribution in [0.25, 0.3) is 0 Å². The molecule has 1 atom stereocenters. The lowest BCUT2D eigenvalue weighted by Gasteiger charge is -2.30.